The van der Waals surface area contributed by atoms with Gasteiger partial charge in [0.05, 0.1) is 6.61 Å². The van der Waals surface area contributed by atoms with Crippen molar-refractivity contribution in [1.82, 2.24) is 5.32 Å². The molecular weight excluding hydrogens is 306 g/mol. The van der Waals surface area contributed by atoms with Gasteiger partial charge in [0, 0.05) is 18.7 Å². The van der Waals surface area contributed by atoms with Crippen molar-refractivity contribution in [3.63, 3.8) is 0 Å². The molecule has 25 heavy (non-hydrogen) atoms. The first-order chi connectivity index (χ1) is 11.9. The van der Waals surface area contributed by atoms with Crippen molar-refractivity contribution in [2.45, 2.75) is 59.5 Å². The Morgan fingerprint density at radius 3 is 2.24 bits per heavy atom. The molecule has 136 valence electrons. The second kappa shape index (κ2) is 9.05. The van der Waals surface area contributed by atoms with Crippen LogP contribution in [0.25, 0.3) is 0 Å². The summed E-state index contributed by atoms with van der Waals surface area (Å²) in [5.41, 5.74) is 4.11. The van der Waals surface area contributed by atoms with E-state index in [2.05, 4.69) is 82.4 Å². The van der Waals surface area contributed by atoms with Crippen LogP contribution >= 0.6 is 0 Å². The van der Waals surface area contributed by atoms with Gasteiger partial charge in [-0.2, -0.15) is 0 Å². The van der Waals surface area contributed by atoms with Crippen molar-refractivity contribution in [2.24, 2.45) is 5.92 Å². The monoisotopic (exact) mass is 339 g/mol. The Balaban J connectivity index is 1.87. The average molecular weight is 340 g/mol. The first-order valence-corrected chi connectivity index (χ1v) is 9.37. The number of benzene rings is 2. The largest absolute Gasteiger partial charge is 0.493 e. The van der Waals surface area contributed by atoms with Gasteiger partial charge < -0.3 is 10.1 Å². The van der Waals surface area contributed by atoms with Crippen molar-refractivity contribution in [3.05, 3.63) is 65.2 Å². The van der Waals surface area contributed by atoms with E-state index in [0.29, 0.717) is 5.92 Å². The lowest BCUT2D eigenvalue weighted by molar-refractivity contribution is 0.286. The Kier molecular flexibility index (Phi) is 7.07. The minimum atomic E-state index is 0.207. The van der Waals surface area contributed by atoms with Crippen LogP contribution in [0.4, 0.5) is 0 Å². The maximum atomic E-state index is 5.96. The van der Waals surface area contributed by atoms with E-state index in [4.69, 9.17) is 4.74 Å². The smallest absolute Gasteiger partial charge is 0.123 e. The third kappa shape index (κ3) is 6.55. The number of hydrogen-bond acceptors (Lipinski definition) is 2. The second-order valence-electron chi connectivity index (χ2n) is 8.19. The Morgan fingerprint density at radius 2 is 1.60 bits per heavy atom. The number of rotatable bonds is 8. The molecule has 0 heterocycles. The summed E-state index contributed by atoms with van der Waals surface area (Å²) in [6, 6.07) is 17.2. The van der Waals surface area contributed by atoms with Crippen LogP contribution in [-0.4, -0.2) is 6.61 Å². The maximum absolute atomic E-state index is 5.96. The molecule has 0 aromatic heterocycles. The van der Waals surface area contributed by atoms with Crippen molar-refractivity contribution in [2.75, 3.05) is 6.61 Å². The molecule has 0 atom stereocenters. The fourth-order valence-electron chi connectivity index (χ4n) is 2.66. The number of para-hydroxylation sites is 1. The molecule has 2 heteroatoms. The predicted molar refractivity (Wildman–Crippen MR) is 107 cm³/mol. The van der Waals surface area contributed by atoms with Crippen LogP contribution in [0.15, 0.2) is 48.5 Å². The van der Waals surface area contributed by atoms with Crippen LogP contribution in [0.1, 0.15) is 57.7 Å². The molecule has 0 radical (unpaired) electrons. The second-order valence-corrected chi connectivity index (χ2v) is 8.19. The summed E-state index contributed by atoms with van der Waals surface area (Å²) in [5, 5.41) is 3.54. The van der Waals surface area contributed by atoms with Crippen LogP contribution in [0, 0.1) is 5.92 Å². The average Bonchev–Trinajstić information content (AvgIpc) is 2.55. The molecular formula is C23H33NO. The van der Waals surface area contributed by atoms with Crippen LogP contribution in [0.5, 0.6) is 5.75 Å². The first-order valence-electron chi connectivity index (χ1n) is 9.37. The zero-order chi connectivity index (χ0) is 18.3. The van der Waals surface area contributed by atoms with Crippen molar-refractivity contribution < 1.29 is 4.74 Å². The van der Waals surface area contributed by atoms with Crippen molar-refractivity contribution in [1.29, 1.82) is 0 Å². The van der Waals surface area contributed by atoms with E-state index in [1.54, 1.807) is 0 Å². The van der Waals surface area contributed by atoms with Gasteiger partial charge in [-0.25, -0.2) is 0 Å². The molecule has 0 aliphatic rings. The lowest BCUT2D eigenvalue weighted by Gasteiger charge is -2.19. The van der Waals surface area contributed by atoms with Gasteiger partial charge in [0.2, 0.25) is 0 Å². The van der Waals surface area contributed by atoms with Gasteiger partial charge in [0.1, 0.15) is 5.75 Å². The lowest BCUT2D eigenvalue weighted by atomic mass is 9.87. The molecule has 0 aliphatic carbocycles. The Labute approximate surface area is 153 Å². The van der Waals surface area contributed by atoms with E-state index in [1.165, 1.54) is 16.7 Å². The van der Waals surface area contributed by atoms with E-state index in [-0.39, 0.29) is 5.41 Å². The van der Waals surface area contributed by atoms with Gasteiger partial charge >= 0.3 is 0 Å². The highest BCUT2D eigenvalue weighted by Crippen LogP contribution is 2.22. The fourth-order valence-corrected chi connectivity index (χ4v) is 2.66. The normalized spacial score (nSPS) is 11.8. The number of nitrogens with one attached hydrogen (secondary N) is 1. The Bertz CT molecular complexity index is 638. The maximum Gasteiger partial charge on any atom is 0.123 e. The quantitative estimate of drug-likeness (QED) is 0.666. The number of hydrogen-bond donors (Lipinski definition) is 1. The highest BCUT2D eigenvalue weighted by Gasteiger charge is 2.12. The predicted octanol–water partition coefficient (Wildman–Crippen LogP) is 5.70. The summed E-state index contributed by atoms with van der Waals surface area (Å²) in [7, 11) is 0. The zero-order valence-electron chi connectivity index (χ0n) is 16.4. The molecule has 2 rings (SSSR count). The molecule has 2 aromatic carbocycles. The minimum Gasteiger partial charge on any atom is -0.493 e. The molecule has 0 amide bonds. The third-order valence-corrected chi connectivity index (χ3v) is 4.39. The fraction of sp³-hybridized carbons (Fsp3) is 0.478. The Morgan fingerprint density at radius 1 is 0.920 bits per heavy atom. The number of ether oxygens (including phenoxy) is 1. The van der Waals surface area contributed by atoms with E-state index in [1.807, 2.05) is 6.07 Å². The summed E-state index contributed by atoms with van der Waals surface area (Å²) < 4.78 is 5.96. The van der Waals surface area contributed by atoms with Gasteiger partial charge in [-0.1, -0.05) is 77.1 Å². The summed E-state index contributed by atoms with van der Waals surface area (Å²) >= 11 is 0. The zero-order valence-corrected chi connectivity index (χ0v) is 16.4. The minimum absolute atomic E-state index is 0.207. The highest BCUT2D eigenvalue weighted by atomic mass is 16.5. The first kappa shape index (κ1) is 19.5. The molecule has 2 nitrogen and oxygen atoms in total. The lowest BCUT2D eigenvalue weighted by Crippen LogP contribution is -2.15. The summed E-state index contributed by atoms with van der Waals surface area (Å²) in [6.45, 7) is 13.7. The third-order valence-electron chi connectivity index (χ3n) is 4.39. The molecule has 0 spiro atoms. The van der Waals surface area contributed by atoms with Crippen LogP contribution in [0.3, 0.4) is 0 Å². The van der Waals surface area contributed by atoms with E-state index >= 15 is 0 Å². The molecule has 1 N–H and O–H groups in total. The van der Waals surface area contributed by atoms with Crippen LogP contribution in [-0.2, 0) is 18.5 Å². The molecule has 0 unspecified atom stereocenters. The Hall–Kier alpha value is -1.80. The highest BCUT2D eigenvalue weighted by molar-refractivity contribution is 5.33. The van der Waals surface area contributed by atoms with Gasteiger partial charge in [-0.3, -0.25) is 0 Å². The van der Waals surface area contributed by atoms with E-state index in [0.717, 1.165) is 31.9 Å². The SMILES string of the molecule is CC(C)CCOc1ccccc1CNCc1ccc(C(C)(C)C)cc1. The van der Waals surface area contributed by atoms with Crippen molar-refractivity contribution >= 4 is 0 Å². The summed E-state index contributed by atoms with van der Waals surface area (Å²) in [4.78, 5) is 0. The summed E-state index contributed by atoms with van der Waals surface area (Å²) in [6.07, 6.45) is 1.09. The van der Waals surface area contributed by atoms with E-state index in [9.17, 15) is 0 Å². The summed E-state index contributed by atoms with van der Waals surface area (Å²) in [5.74, 6) is 1.67. The van der Waals surface area contributed by atoms with Crippen molar-refractivity contribution in [3.8, 4) is 5.75 Å². The molecule has 0 fully saturated rings. The van der Waals surface area contributed by atoms with Gasteiger partial charge in [-0.05, 0) is 34.9 Å². The molecule has 0 aliphatic heterocycles. The topological polar surface area (TPSA) is 21.3 Å². The molecule has 2 aromatic rings. The molecule has 0 saturated carbocycles. The van der Waals surface area contributed by atoms with Gasteiger partial charge in [-0.15, -0.1) is 0 Å². The van der Waals surface area contributed by atoms with Gasteiger partial charge in [0.25, 0.3) is 0 Å². The van der Waals surface area contributed by atoms with Gasteiger partial charge in [0.15, 0.2) is 0 Å². The van der Waals surface area contributed by atoms with E-state index < -0.39 is 0 Å². The van der Waals surface area contributed by atoms with Crippen LogP contribution < -0.4 is 10.1 Å². The molecule has 0 saturated heterocycles. The molecule has 0 bridgehead atoms. The standard InChI is InChI=1S/C23H33NO/c1-18(2)14-15-25-22-9-7-6-8-20(22)17-24-16-19-10-12-21(13-11-19)23(3,4)5/h6-13,18,24H,14-17H2,1-5H3. The van der Waals surface area contributed by atoms with Crippen LogP contribution in [0.2, 0.25) is 0 Å².